The molecule has 0 spiro atoms. The summed E-state index contributed by atoms with van der Waals surface area (Å²) < 4.78 is 5.66. The summed E-state index contributed by atoms with van der Waals surface area (Å²) >= 11 is 4.72. The molecule has 114 valence electrons. The number of amides is 1. The minimum Gasteiger partial charge on any atom is -0.466 e. The lowest BCUT2D eigenvalue weighted by molar-refractivity contribution is -0.134. The molecule has 1 aliphatic rings. The van der Waals surface area contributed by atoms with Gasteiger partial charge in [-0.05, 0) is 13.3 Å². The van der Waals surface area contributed by atoms with Gasteiger partial charge in [-0.2, -0.15) is 0 Å². The van der Waals surface area contributed by atoms with Gasteiger partial charge in [0.05, 0.1) is 24.0 Å². The third-order valence-corrected chi connectivity index (χ3v) is 5.95. The van der Waals surface area contributed by atoms with Crippen molar-refractivity contribution in [2.45, 2.75) is 17.7 Å². The molecule has 1 aromatic heterocycles. The van der Waals surface area contributed by atoms with E-state index in [9.17, 15) is 9.59 Å². The molecule has 0 aliphatic carbocycles. The SMILES string of the molecule is COC(=O)/C=C1/SCC(=O)N1CCCSc1nc(C)cs1. The first kappa shape index (κ1) is 16.4. The van der Waals surface area contributed by atoms with Crippen LogP contribution < -0.4 is 0 Å². The quantitative estimate of drug-likeness (QED) is 0.342. The number of esters is 1. The molecule has 21 heavy (non-hydrogen) atoms. The predicted octanol–water partition coefficient (Wildman–Crippen LogP) is 2.52. The van der Waals surface area contributed by atoms with E-state index in [-0.39, 0.29) is 5.91 Å². The number of methoxy groups -OCH3 is 1. The summed E-state index contributed by atoms with van der Waals surface area (Å²) in [6, 6.07) is 0. The molecule has 1 aliphatic heterocycles. The van der Waals surface area contributed by atoms with Crippen LogP contribution in [0.3, 0.4) is 0 Å². The number of carbonyl (C=O) groups is 2. The van der Waals surface area contributed by atoms with Gasteiger partial charge >= 0.3 is 5.97 Å². The minimum atomic E-state index is -0.426. The van der Waals surface area contributed by atoms with E-state index in [2.05, 4.69) is 9.72 Å². The second-order valence-electron chi connectivity index (χ2n) is 4.30. The highest BCUT2D eigenvalue weighted by atomic mass is 32.2. The summed E-state index contributed by atoms with van der Waals surface area (Å²) in [6.07, 6.45) is 2.24. The lowest BCUT2D eigenvalue weighted by Gasteiger charge is -2.16. The van der Waals surface area contributed by atoms with E-state index >= 15 is 0 Å². The molecule has 0 N–H and O–H groups in total. The molecule has 1 fully saturated rings. The van der Waals surface area contributed by atoms with Crippen molar-refractivity contribution in [3.05, 3.63) is 22.2 Å². The number of hydrogen-bond donors (Lipinski definition) is 0. The predicted molar refractivity (Wildman–Crippen MR) is 86.5 cm³/mol. The maximum absolute atomic E-state index is 11.8. The van der Waals surface area contributed by atoms with Crippen molar-refractivity contribution in [2.75, 3.05) is 25.2 Å². The smallest absolute Gasteiger partial charge is 0.333 e. The zero-order valence-corrected chi connectivity index (χ0v) is 14.3. The number of thioether (sulfide) groups is 2. The van der Waals surface area contributed by atoms with Crippen LogP contribution in [0.25, 0.3) is 0 Å². The van der Waals surface area contributed by atoms with E-state index in [0.717, 1.165) is 22.2 Å². The zero-order valence-electron chi connectivity index (χ0n) is 11.8. The van der Waals surface area contributed by atoms with Gasteiger partial charge in [-0.15, -0.1) is 11.3 Å². The van der Waals surface area contributed by atoms with E-state index in [0.29, 0.717) is 17.3 Å². The molecule has 0 saturated carbocycles. The van der Waals surface area contributed by atoms with Crippen molar-refractivity contribution in [3.63, 3.8) is 0 Å². The maximum atomic E-state index is 11.8. The van der Waals surface area contributed by atoms with Gasteiger partial charge in [-0.1, -0.05) is 23.5 Å². The van der Waals surface area contributed by atoms with Gasteiger partial charge in [-0.3, -0.25) is 4.79 Å². The van der Waals surface area contributed by atoms with Gasteiger partial charge in [-0.25, -0.2) is 9.78 Å². The second-order valence-corrected chi connectivity index (χ2v) is 7.49. The molecule has 0 bridgehead atoms. The number of carbonyl (C=O) groups excluding carboxylic acids is 2. The van der Waals surface area contributed by atoms with Crippen molar-refractivity contribution in [2.24, 2.45) is 0 Å². The van der Waals surface area contributed by atoms with Gasteiger partial charge in [0.1, 0.15) is 4.34 Å². The van der Waals surface area contributed by atoms with Crippen LogP contribution in [-0.2, 0) is 14.3 Å². The van der Waals surface area contributed by atoms with Crippen LogP contribution in [0.2, 0.25) is 0 Å². The van der Waals surface area contributed by atoms with Crippen molar-refractivity contribution < 1.29 is 14.3 Å². The summed E-state index contributed by atoms with van der Waals surface area (Å²) in [5.41, 5.74) is 1.04. The largest absolute Gasteiger partial charge is 0.466 e. The molecule has 1 saturated heterocycles. The van der Waals surface area contributed by atoms with Crippen LogP contribution in [-0.4, -0.2) is 46.9 Å². The summed E-state index contributed by atoms with van der Waals surface area (Å²) in [5.74, 6) is 0.907. The van der Waals surface area contributed by atoms with Gasteiger partial charge in [0.2, 0.25) is 5.91 Å². The van der Waals surface area contributed by atoms with E-state index < -0.39 is 5.97 Å². The van der Waals surface area contributed by atoms with Crippen LogP contribution in [0, 0.1) is 6.92 Å². The standard InChI is InChI=1S/C13H16N2O3S3/c1-9-7-21-13(14-9)19-5-3-4-15-10(16)8-20-11(15)6-12(17)18-2/h6-7H,3-5,8H2,1-2H3/b11-6+. The van der Waals surface area contributed by atoms with E-state index in [1.807, 2.05) is 12.3 Å². The van der Waals surface area contributed by atoms with Crippen LogP contribution >= 0.6 is 34.9 Å². The molecule has 2 rings (SSSR count). The lowest BCUT2D eigenvalue weighted by Crippen LogP contribution is -2.26. The van der Waals surface area contributed by atoms with Gasteiger partial charge in [0.25, 0.3) is 0 Å². The Bertz CT molecular complexity index is 557. The molecule has 0 radical (unpaired) electrons. The monoisotopic (exact) mass is 344 g/mol. The molecule has 1 aromatic rings. The molecular weight excluding hydrogens is 328 g/mol. The Hall–Kier alpha value is -0.990. The van der Waals surface area contributed by atoms with Crippen molar-refractivity contribution in [1.29, 1.82) is 0 Å². The van der Waals surface area contributed by atoms with Gasteiger partial charge < -0.3 is 9.64 Å². The number of aryl methyl sites for hydroxylation is 1. The summed E-state index contributed by atoms with van der Waals surface area (Å²) in [6.45, 7) is 2.59. The Balaban J connectivity index is 1.81. The molecule has 5 nitrogen and oxygen atoms in total. The average Bonchev–Trinajstić information content (AvgIpc) is 3.02. The Kier molecular flexibility index (Phi) is 6.13. The fourth-order valence-corrected chi connectivity index (χ4v) is 4.51. The normalized spacial score (nSPS) is 16.8. The van der Waals surface area contributed by atoms with Crippen molar-refractivity contribution in [1.82, 2.24) is 9.88 Å². The Morgan fingerprint density at radius 2 is 2.43 bits per heavy atom. The summed E-state index contributed by atoms with van der Waals surface area (Å²) in [7, 11) is 1.33. The number of ether oxygens (including phenoxy) is 1. The minimum absolute atomic E-state index is 0.0465. The second kappa shape index (κ2) is 7.86. The first-order chi connectivity index (χ1) is 10.1. The summed E-state index contributed by atoms with van der Waals surface area (Å²) in [5, 5.41) is 2.71. The fraction of sp³-hybridized carbons (Fsp3) is 0.462. The highest BCUT2D eigenvalue weighted by Gasteiger charge is 2.26. The third-order valence-electron chi connectivity index (χ3n) is 2.70. The Labute approximate surface area is 136 Å². The lowest BCUT2D eigenvalue weighted by atomic mass is 10.4. The molecule has 2 heterocycles. The molecule has 8 heteroatoms. The zero-order chi connectivity index (χ0) is 15.2. The maximum Gasteiger partial charge on any atom is 0.333 e. The average molecular weight is 344 g/mol. The highest BCUT2D eigenvalue weighted by Crippen LogP contribution is 2.29. The van der Waals surface area contributed by atoms with E-state index in [1.54, 1.807) is 28.0 Å². The molecule has 0 aromatic carbocycles. The Morgan fingerprint density at radius 1 is 1.62 bits per heavy atom. The van der Waals surface area contributed by atoms with E-state index in [4.69, 9.17) is 0 Å². The summed E-state index contributed by atoms with van der Waals surface area (Å²) in [4.78, 5) is 29.1. The van der Waals surface area contributed by atoms with Crippen LogP contribution in [0.15, 0.2) is 20.8 Å². The molecule has 0 atom stereocenters. The van der Waals surface area contributed by atoms with Crippen molar-refractivity contribution >= 4 is 46.7 Å². The van der Waals surface area contributed by atoms with E-state index in [1.165, 1.54) is 24.9 Å². The first-order valence-electron chi connectivity index (χ1n) is 6.38. The fourth-order valence-electron chi connectivity index (χ4n) is 1.71. The molecule has 0 unspecified atom stereocenters. The topological polar surface area (TPSA) is 59.5 Å². The number of hydrogen-bond acceptors (Lipinski definition) is 7. The van der Waals surface area contributed by atoms with Crippen LogP contribution in [0.4, 0.5) is 0 Å². The number of aromatic nitrogens is 1. The molecule has 1 amide bonds. The van der Waals surface area contributed by atoms with Crippen LogP contribution in [0.1, 0.15) is 12.1 Å². The molecular formula is C13H16N2O3S3. The van der Waals surface area contributed by atoms with Crippen LogP contribution in [0.5, 0.6) is 0 Å². The van der Waals surface area contributed by atoms with Gasteiger partial charge in [0, 0.05) is 23.4 Å². The Morgan fingerprint density at radius 3 is 3.10 bits per heavy atom. The number of rotatable bonds is 6. The highest BCUT2D eigenvalue weighted by molar-refractivity contribution is 8.04. The van der Waals surface area contributed by atoms with Crippen molar-refractivity contribution in [3.8, 4) is 0 Å². The number of nitrogens with zero attached hydrogens (tertiary/aromatic N) is 2. The van der Waals surface area contributed by atoms with Gasteiger partial charge in [0.15, 0.2) is 0 Å². The number of thiazole rings is 1. The third kappa shape index (κ3) is 4.76. The first-order valence-corrected chi connectivity index (χ1v) is 9.23.